The molecule has 3 N–H and O–H groups in total. The molecule has 0 aliphatic heterocycles. The minimum Gasteiger partial charge on any atom is -0.399 e. The van der Waals surface area contributed by atoms with Gasteiger partial charge in [-0.1, -0.05) is 29.8 Å². The highest BCUT2D eigenvalue weighted by Crippen LogP contribution is 2.21. The summed E-state index contributed by atoms with van der Waals surface area (Å²) in [6.07, 6.45) is 1.74. The van der Waals surface area contributed by atoms with Crippen molar-refractivity contribution in [2.75, 3.05) is 11.1 Å². The molecule has 0 radical (unpaired) electrons. The lowest BCUT2D eigenvalue weighted by molar-refractivity contribution is 1.17. The van der Waals surface area contributed by atoms with Gasteiger partial charge in [0.25, 0.3) is 0 Å². The molecule has 3 rings (SSSR count). The Hall–Kier alpha value is -2.88. The first-order chi connectivity index (χ1) is 10.2. The lowest BCUT2D eigenvalue weighted by Gasteiger charge is -2.07. The number of aryl methyl sites for hydroxylation is 1. The molecule has 0 atom stereocenters. The summed E-state index contributed by atoms with van der Waals surface area (Å²) >= 11 is 0. The molecular formula is C17H16N4. The summed E-state index contributed by atoms with van der Waals surface area (Å²) in [6.45, 7) is 2.06. The summed E-state index contributed by atoms with van der Waals surface area (Å²) in [4.78, 5) is 8.78. The summed E-state index contributed by atoms with van der Waals surface area (Å²) in [5.74, 6) is 0.568. The number of nitrogen functional groups attached to an aromatic ring is 1. The first-order valence-electron chi connectivity index (χ1n) is 6.73. The highest BCUT2D eigenvalue weighted by molar-refractivity contribution is 5.65. The molecule has 21 heavy (non-hydrogen) atoms. The largest absolute Gasteiger partial charge is 0.399 e. The molecule has 0 unspecified atom stereocenters. The van der Waals surface area contributed by atoms with E-state index in [1.54, 1.807) is 6.20 Å². The lowest BCUT2D eigenvalue weighted by Crippen LogP contribution is -1.98. The van der Waals surface area contributed by atoms with Gasteiger partial charge in [-0.25, -0.2) is 9.97 Å². The van der Waals surface area contributed by atoms with Crippen molar-refractivity contribution in [1.82, 2.24) is 9.97 Å². The van der Waals surface area contributed by atoms with E-state index in [1.807, 2.05) is 54.6 Å². The van der Waals surface area contributed by atoms with Gasteiger partial charge in [-0.05, 0) is 37.3 Å². The zero-order valence-electron chi connectivity index (χ0n) is 11.7. The third-order valence-electron chi connectivity index (χ3n) is 3.15. The van der Waals surface area contributed by atoms with Crippen LogP contribution < -0.4 is 11.1 Å². The first kappa shape index (κ1) is 13.1. The predicted octanol–water partition coefficient (Wildman–Crippen LogP) is 3.78. The average Bonchev–Trinajstić information content (AvgIpc) is 2.50. The Labute approximate surface area is 123 Å². The third kappa shape index (κ3) is 3.17. The molecule has 104 valence electrons. The lowest BCUT2D eigenvalue weighted by atomic mass is 10.1. The van der Waals surface area contributed by atoms with Crippen molar-refractivity contribution < 1.29 is 0 Å². The molecule has 0 saturated carbocycles. The van der Waals surface area contributed by atoms with E-state index in [-0.39, 0.29) is 0 Å². The van der Waals surface area contributed by atoms with E-state index < -0.39 is 0 Å². The van der Waals surface area contributed by atoms with Crippen LogP contribution in [-0.4, -0.2) is 9.97 Å². The first-order valence-corrected chi connectivity index (χ1v) is 6.73. The molecule has 0 aliphatic rings. The van der Waals surface area contributed by atoms with Crippen molar-refractivity contribution in [3.05, 3.63) is 66.4 Å². The SMILES string of the molecule is Cc1ccc(Nc2nccc(-c3cccc(N)c3)n2)cc1. The Kier molecular flexibility index (Phi) is 3.51. The quantitative estimate of drug-likeness (QED) is 0.715. The molecule has 0 fully saturated rings. The average molecular weight is 276 g/mol. The predicted molar refractivity (Wildman–Crippen MR) is 86.3 cm³/mol. The number of hydrogen-bond donors (Lipinski definition) is 2. The number of nitrogens with zero attached hydrogens (tertiary/aromatic N) is 2. The summed E-state index contributed by atoms with van der Waals surface area (Å²) in [5.41, 5.74) is 10.5. The van der Waals surface area contributed by atoms with E-state index in [9.17, 15) is 0 Å². The van der Waals surface area contributed by atoms with Crippen molar-refractivity contribution in [1.29, 1.82) is 0 Å². The summed E-state index contributed by atoms with van der Waals surface area (Å²) < 4.78 is 0. The third-order valence-corrected chi connectivity index (χ3v) is 3.15. The van der Waals surface area contributed by atoms with Crippen LogP contribution in [0.4, 0.5) is 17.3 Å². The molecule has 0 saturated heterocycles. The van der Waals surface area contributed by atoms with Gasteiger partial charge >= 0.3 is 0 Å². The summed E-state index contributed by atoms with van der Waals surface area (Å²) in [6, 6.07) is 17.6. The highest BCUT2D eigenvalue weighted by atomic mass is 15.1. The molecule has 0 spiro atoms. The Balaban J connectivity index is 1.88. The topological polar surface area (TPSA) is 63.8 Å². The highest BCUT2D eigenvalue weighted by Gasteiger charge is 2.03. The van der Waals surface area contributed by atoms with Gasteiger partial charge in [-0.2, -0.15) is 0 Å². The van der Waals surface area contributed by atoms with E-state index in [2.05, 4.69) is 22.2 Å². The van der Waals surface area contributed by atoms with Gasteiger partial charge in [0, 0.05) is 23.1 Å². The van der Waals surface area contributed by atoms with Crippen LogP contribution in [0.1, 0.15) is 5.56 Å². The molecule has 1 aromatic heterocycles. The maximum absolute atomic E-state index is 5.81. The van der Waals surface area contributed by atoms with Crippen LogP contribution in [0.15, 0.2) is 60.8 Å². The van der Waals surface area contributed by atoms with Crippen LogP contribution in [0.5, 0.6) is 0 Å². The van der Waals surface area contributed by atoms with Crippen LogP contribution in [0.25, 0.3) is 11.3 Å². The van der Waals surface area contributed by atoms with Gasteiger partial charge in [0.1, 0.15) is 0 Å². The Morgan fingerprint density at radius 2 is 1.81 bits per heavy atom. The fraction of sp³-hybridized carbons (Fsp3) is 0.0588. The van der Waals surface area contributed by atoms with Gasteiger partial charge in [0.05, 0.1) is 5.69 Å². The van der Waals surface area contributed by atoms with Gasteiger partial charge in [-0.15, -0.1) is 0 Å². The molecule has 0 amide bonds. The second-order valence-corrected chi connectivity index (χ2v) is 4.88. The van der Waals surface area contributed by atoms with Gasteiger partial charge < -0.3 is 11.1 Å². The molecular weight excluding hydrogens is 260 g/mol. The van der Waals surface area contributed by atoms with Gasteiger partial charge in [0.15, 0.2) is 0 Å². The minimum atomic E-state index is 0.568. The van der Waals surface area contributed by atoms with Crippen LogP contribution in [0, 0.1) is 6.92 Å². The number of hydrogen-bond acceptors (Lipinski definition) is 4. The number of anilines is 3. The molecule has 4 nitrogen and oxygen atoms in total. The van der Waals surface area contributed by atoms with E-state index in [0.717, 1.165) is 22.6 Å². The Morgan fingerprint density at radius 3 is 2.57 bits per heavy atom. The maximum atomic E-state index is 5.81. The van der Waals surface area contributed by atoms with E-state index in [0.29, 0.717) is 5.95 Å². The second-order valence-electron chi connectivity index (χ2n) is 4.88. The second kappa shape index (κ2) is 5.63. The number of aromatic nitrogens is 2. The number of nitrogens with two attached hydrogens (primary N) is 1. The van der Waals surface area contributed by atoms with Crippen molar-refractivity contribution >= 4 is 17.3 Å². The zero-order chi connectivity index (χ0) is 14.7. The fourth-order valence-corrected chi connectivity index (χ4v) is 2.04. The standard InChI is InChI=1S/C17H16N4/c1-12-5-7-15(8-6-12)20-17-19-10-9-16(21-17)13-3-2-4-14(18)11-13/h2-11H,18H2,1H3,(H,19,20,21). The molecule has 0 bridgehead atoms. The minimum absolute atomic E-state index is 0.568. The van der Waals surface area contributed by atoms with Crippen molar-refractivity contribution in [3.8, 4) is 11.3 Å². The van der Waals surface area contributed by atoms with Crippen molar-refractivity contribution in [3.63, 3.8) is 0 Å². The van der Waals surface area contributed by atoms with Crippen LogP contribution in [-0.2, 0) is 0 Å². The Bertz CT molecular complexity index is 751. The fourth-order valence-electron chi connectivity index (χ4n) is 2.04. The van der Waals surface area contributed by atoms with Crippen LogP contribution >= 0.6 is 0 Å². The van der Waals surface area contributed by atoms with E-state index >= 15 is 0 Å². The number of nitrogens with one attached hydrogen (secondary N) is 1. The van der Waals surface area contributed by atoms with E-state index in [1.165, 1.54) is 5.56 Å². The monoisotopic (exact) mass is 276 g/mol. The molecule has 2 aromatic carbocycles. The summed E-state index contributed by atoms with van der Waals surface area (Å²) in [7, 11) is 0. The van der Waals surface area contributed by atoms with Gasteiger partial charge in [-0.3, -0.25) is 0 Å². The smallest absolute Gasteiger partial charge is 0.227 e. The van der Waals surface area contributed by atoms with Gasteiger partial charge in [0.2, 0.25) is 5.95 Å². The molecule has 1 heterocycles. The number of rotatable bonds is 3. The van der Waals surface area contributed by atoms with E-state index in [4.69, 9.17) is 5.73 Å². The van der Waals surface area contributed by atoms with Crippen molar-refractivity contribution in [2.24, 2.45) is 0 Å². The Morgan fingerprint density at radius 1 is 1.00 bits per heavy atom. The normalized spacial score (nSPS) is 10.3. The maximum Gasteiger partial charge on any atom is 0.227 e. The molecule has 3 aromatic rings. The summed E-state index contributed by atoms with van der Waals surface area (Å²) in [5, 5.41) is 3.20. The molecule has 4 heteroatoms. The van der Waals surface area contributed by atoms with Crippen LogP contribution in [0.3, 0.4) is 0 Å². The van der Waals surface area contributed by atoms with Crippen molar-refractivity contribution in [2.45, 2.75) is 6.92 Å². The zero-order valence-corrected chi connectivity index (χ0v) is 11.7. The number of benzene rings is 2. The van der Waals surface area contributed by atoms with Crippen LogP contribution in [0.2, 0.25) is 0 Å². The molecule has 0 aliphatic carbocycles.